The third-order valence-electron chi connectivity index (χ3n) is 4.77. The maximum Gasteiger partial charge on any atom is 0.311 e. The normalized spacial score (nSPS) is 27.3. The van der Waals surface area contributed by atoms with Crippen LogP contribution in [0.25, 0.3) is 0 Å². The summed E-state index contributed by atoms with van der Waals surface area (Å²) in [5.41, 5.74) is 5.84. The van der Waals surface area contributed by atoms with Crippen molar-refractivity contribution in [3.63, 3.8) is 0 Å². The summed E-state index contributed by atoms with van der Waals surface area (Å²) in [6.07, 6.45) is 4.73. The predicted octanol–water partition coefficient (Wildman–Crippen LogP) is 2.77. The molecule has 2 fully saturated rings. The second-order valence-corrected chi connectivity index (χ2v) is 5.76. The molecule has 6 heteroatoms. The first-order valence-electron chi connectivity index (χ1n) is 6.89. The molecule has 2 atom stereocenters. The number of nitrogens with zero attached hydrogens (tertiary/aromatic N) is 1. The average molecular weight is 280 g/mol. The van der Waals surface area contributed by atoms with Crippen LogP contribution in [0.5, 0.6) is 5.75 Å². The van der Waals surface area contributed by atoms with Crippen molar-refractivity contribution in [2.24, 2.45) is 11.1 Å². The van der Waals surface area contributed by atoms with E-state index in [0.717, 1.165) is 43.9 Å². The van der Waals surface area contributed by atoms with Crippen molar-refractivity contribution in [1.29, 1.82) is 0 Å². The van der Waals surface area contributed by atoms with E-state index in [1.807, 2.05) is 0 Å². The lowest BCUT2D eigenvalue weighted by Gasteiger charge is -2.51. The number of hydrogen-bond donors (Lipinski definition) is 1. The second-order valence-electron chi connectivity index (χ2n) is 5.76. The largest absolute Gasteiger partial charge is 0.483 e. The molecule has 2 N–H and O–H groups in total. The number of hydrogen-bond acceptors (Lipinski definition) is 4. The first-order valence-corrected chi connectivity index (χ1v) is 6.89. The highest BCUT2D eigenvalue weighted by Crippen LogP contribution is 2.54. The lowest BCUT2D eigenvalue weighted by atomic mass is 9.61. The molecule has 0 amide bonds. The molecule has 0 aromatic heterocycles. The lowest BCUT2D eigenvalue weighted by Crippen LogP contribution is -2.62. The van der Waals surface area contributed by atoms with E-state index in [9.17, 15) is 14.5 Å². The molecule has 0 aliphatic heterocycles. The van der Waals surface area contributed by atoms with Gasteiger partial charge in [0.1, 0.15) is 11.9 Å². The Morgan fingerprint density at radius 1 is 1.40 bits per heavy atom. The molecule has 1 aromatic rings. The van der Waals surface area contributed by atoms with E-state index in [0.29, 0.717) is 6.42 Å². The molecule has 0 saturated heterocycles. The van der Waals surface area contributed by atoms with E-state index in [1.54, 1.807) is 0 Å². The minimum Gasteiger partial charge on any atom is -0.483 e. The Bertz CT molecular complexity index is 543. The van der Waals surface area contributed by atoms with E-state index >= 15 is 0 Å². The van der Waals surface area contributed by atoms with Gasteiger partial charge in [0.05, 0.1) is 4.92 Å². The average Bonchev–Trinajstić information content (AvgIpc) is 2.90. The zero-order valence-electron chi connectivity index (χ0n) is 11.0. The Kier molecular flexibility index (Phi) is 3.12. The van der Waals surface area contributed by atoms with Crippen LogP contribution >= 0.6 is 0 Å². The van der Waals surface area contributed by atoms with Crippen molar-refractivity contribution < 1.29 is 14.1 Å². The van der Waals surface area contributed by atoms with Gasteiger partial charge in [0.2, 0.25) is 0 Å². The maximum atomic E-state index is 13.3. The molecule has 1 aromatic carbocycles. The summed E-state index contributed by atoms with van der Waals surface area (Å²) in [4.78, 5) is 10.4. The highest BCUT2D eigenvalue weighted by molar-refractivity contribution is 5.46. The number of nitro groups is 1. The van der Waals surface area contributed by atoms with Crippen LogP contribution in [0, 0.1) is 21.3 Å². The van der Waals surface area contributed by atoms with Gasteiger partial charge in [0.15, 0.2) is 5.75 Å². The van der Waals surface area contributed by atoms with Crippen molar-refractivity contribution in [2.45, 2.75) is 44.2 Å². The number of rotatable bonds is 3. The molecule has 2 aliphatic rings. The minimum absolute atomic E-state index is 0.0122. The van der Waals surface area contributed by atoms with E-state index in [-0.39, 0.29) is 29.0 Å². The molecule has 20 heavy (non-hydrogen) atoms. The van der Waals surface area contributed by atoms with E-state index < -0.39 is 10.7 Å². The number of nitro benzene ring substituents is 1. The highest BCUT2D eigenvalue weighted by atomic mass is 19.1. The molecule has 5 nitrogen and oxygen atoms in total. The Balaban J connectivity index is 1.85. The van der Waals surface area contributed by atoms with Crippen molar-refractivity contribution in [3.8, 4) is 5.75 Å². The Morgan fingerprint density at radius 2 is 2.10 bits per heavy atom. The fraction of sp³-hybridized carbons (Fsp3) is 0.571. The molecule has 2 unspecified atom stereocenters. The molecular weight excluding hydrogens is 263 g/mol. The SMILES string of the molecule is NC1CC(Oc2cc(F)ccc2[N+](=O)[O-])C12CCCC2. The van der Waals surface area contributed by atoms with Crippen LogP contribution in [-0.4, -0.2) is 17.1 Å². The topological polar surface area (TPSA) is 78.4 Å². The van der Waals surface area contributed by atoms with Crippen LogP contribution < -0.4 is 10.5 Å². The highest BCUT2D eigenvalue weighted by Gasteiger charge is 2.56. The maximum absolute atomic E-state index is 13.3. The van der Waals surface area contributed by atoms with Crippen molar-refractivity contribution in [2.75, 3.05) is 0 Å². The third kappa shape index (κ3) is 1.95. The summed E-state index contributed by atoms with van der Waals surface area (Å²) in [7, 11) is 0. The number of halogens is 1. The predicted molar refractivity (Wildman–Crippen MR) is 71.0 cm³/mol. The van der Waals surface area contributed by atoms with Crippen LogP contribution in [-0.2, 0) is 0 Å². The fourth-order valence-electron chi connectivity index (χ4n) is 3.56. The zero-order chi connectivity index (χ0) is 14.3. The van der Waals surface area contributed by atoms with Gasteiger partial charge in [-0.3, -0.25) is 10.1 Å². The number of ether oxygens (including phenoxy) is 1. The van der Waals surface area contributed by atoms with Gasteiger partial charge in [-0.25, -0.2) is 4.39 Å². The molecule has 0 bridgehead atoms. The summed E-state index contributed by atoms with van der Waals surface area (Å²) in [6, 6.07) is 3.39. The molecule has 2 saturated carbocycles. The molecule has 0 heterocycles. The van der Waals surface area contributed by atoms with Gasteiger partial charge in [-0.15, -0.1) is 0 Å². The second kappa shape index (κ2) is 4.70. The molecule has 108 valence electrons. The first kappa shape index (κ1) is 13.3. The number of nitrogens with two attached hydrogens (primary N) is 1. The van der Waals surface area contributed by atoms with Gasteiger partial charge < -0.3 is 10.5 Å². The number of benzene rings is 1. The quantitative estimate of drug-likeness (QED) is 0.682. The van der Waals surface area contributed by atoms with Crippen LogP contribution in [0.1, 0.15) is 32.1 Å². The van der Waals surface area contributed by atoms with E-state index in [4.69, 9.17) is 10.5 Å². The molecule has 3 rings (SSSR count). The summed E-state index contributed by atoms with van der Waals surface area (Å²) >= 11 is 0. The molecule has 2 aliphatic carbocycles. The van der Waals surface area contributed by atoms with Gasteiger partial charge in [-0.1, -0.05) is 12.8 Å². The molecular formula is C14H17FN2O3. The van der Waals surface area contributed by atoms with Crippen LogP contribution in [0.4, 0.5) is 10.1 Å². The monoisotopic (exact) mass is 280 g/mol. The third-order valence-corrected chi connectivity index (χ3v) is 4.77. The van der Waals surface area contributed by atoms with E-state index in [1.165, 1.54) is 0 Å². The first-order chi connectivity index (χ1) is 9.53. The Hall–Kier alpha value is -1.69. The van der Waals surface area contributed by atoms with Gasteiger partial charge >= 0.3 is 5.69 Å². The van der Waals surface area contributed by atoms with Gasteiger partial charge in [-0.05, 0) is 18.9 Å². The van der Waals surface area contributed by atoms with Crippen molar-refractivity contribution in [3.05, 3.63) is 34.1 Å². The molecule has 0 radical (unpaired) electrons. The Labute approximate surface area is 116 Å². The summed E-state index contributed by atoms with van der Waals surface area (Å²) in [6.45, 7) is 0. The standard InChI is InChI=1S/C14H17FN2O3/c15-9-3-4-10(17(18)19)11(7-9)20-13-8-12(16)14(13)5-1-2-6-14/h3-4,7,12-13H,1-2,5-6,8,16H2. The van der Waals surface area contributed by atoms with Gasteiger partial charge in [0, 0.05) is 30.0 Å². The van der Waals surface area contributed by atoms with Crippen LogP contribution in [0.3, 0.4) is 0 Å². The smallest absolute Gasteiger partial charge is 0.311 e. The van der Waals surface area contributed by atoms with Crippen molar-refractivity contribution >= 4 is 5.69 Å². The Morgan fingerprint density at radius 3 is 2.70 bits per heavy atom. The van der Waals surface area contributed by atoms with E-state index in [2.05, 4.69) is 0 Å². The van der Waals surface area contributed by atoms with Crippen LogP contribution in [0.2, 0.25) is 0 Å². The summed E-state index contributed by atoms with van der Waals surface area (Å²) in [5.74, 6) is -0.520. The lowest BCUT2D eigenvalue weighted by molar-refractivity contribution is -0.386. The summed E-state index contributed by atoms with van der Waals surface area (Å²) in [5, 5.41) is 11.0. The summed E-state index contributed by atoms with van der Waals surface area (Å²) < 4.78 is 19.1. The fourth-order valence-corrected chi connectivity index (χ4v) is 3.56. The van der Waals surface area contributed by atoms with Crippen molar-refractivity contribution in [1.82, 2.24) is 0 Å². The zero-order valence-corrected chi connectivity index (χ0v) is 11.0. The minimum atomic E-state index is -0.547. The van der Waals surface area contributed by atoms with Gasteiger partial charge in [0.25, 0.3) is 0 Å². The molecule has 1 spiro atoms. The van der Waals surface area contributed by atoms with Gasteiger partial charge in [-0.2, -0.15) is 0 Å². The van der Waals surface area contributed by atoms with Crippen LogP contribution in [0.15, 0.2) is 18.2 Å².